The molecule has 0 aromatic carbocycles. The number of nitrogens with one attached hydrogen (secondary N) is 2. The number of nitrogens with zero attached hydrogens (tertiary/aromatic N) is 2. The smallest absolute Gasteiger partial charge is 0.317 e. The predicted octanol–water partition coefficient (Wildman–Crippen LogP) is 3.02. The zero-order chi connectivity index (χ0) is 15.6. The van der Waals surface area contributed by atoms with Crippen LogP contribution in [0.25, 0.3) is 0 Å². The number of rotatable bonds is 4. The van der Waals surface area contributed by atoms with E-state index in [0.717, 1.165) is 31.7 Å². The van der Waals surface area contributed by atoms with Crippen LogP contribution in [0.4, 0.5) is 4.79 Å². The molecule has 3 aliphatic rings. The van der Waals surface area contributed by atoms with Crippen LogP contribution >= 0.6 is 0 Å². The van der Waals surface area contributed by atoms with Crippen LogP contribution in [0, 0.1) is 5.92 Å². The van der Waals surface area contributed by atoms with E-state index in [0.29, 0.717) is 6.04 Å². The number of amides is 2. The van der Waals surface area contributed by atoms with Crippen LogP contribution in [0.15, 0.2) is 6.20 Å². The summed E-state index contributed by atoms with van der Waals surface area (Å²) in [4.78, 5) is 15.1. The first-order valence-corrected chi connectivity index (χ1v) is 9.38. The minimum absolute atomic E-state index is 0.181. The van der Waals surface area contributed by atoms with Crippen LogP contribution in [-0.2, 0) is 12.8 Å². The summed E-state index contributed by atoms with van der Waals surface area (Å²) in [5, 5.41) is 10.5. The number of carbonyl (C=O) groups excluding carboxylic acids is 1. The van der Waals surface area contributed by atoms with Crippen LogP contribution in [0.3, 0.4) is 0 Å². The maximum atomic E-state index is 12.9. The van der Waals surface area contributed by atoms with Gasteiger partial charge in [0.05, 0.1) is 6.20 Å². The number of hydrogen-bond donors (Lipinski definition) is 2. The van der Waals surface area contributed by atoms with Gasteiger partial charge >= 0.3 is 6.03 Å². The van der Waals surface area contributed by atoms with E-state index in [-0.39, 0.29) is 12.1 Å². The van der Waals surface area contributed by atoms with E-state index in [4.69, 9.17) is 0 Å². The molecule has 5 nitrogen and oxygen atoms in total. The van der Waals surface area contributed by atoms with E-state index < -0.39 is 0 Å². The van der Waals surface area contributed by atoms with Crippen LogP contribution in [0.5, 0.6) is 0 Å². The van der Waals surface area contributed by atoms with Gasteiger partial charge in [0.2, 0.25) is 0 Å². The molecule has 0 unspecified atom stereocenters. The average molecular weight is 316 g/mol. The van der Waals surface area contributed by atoms with Crippen molar-refractivity contribution in [3.05, 3.63) is 17.5 Å². The SMILES string of the molecule is O=C(N[C@@H]1CCc2[nH]ncc2C1)N(CC1CC1)C1CCCCC1. The number of fused-ring (bicyclic) bond motifs is 1. The Hall–Kier alpha value is -1.52. The summed E-state index contributed by atoms with van der Waals surface area (Å²) in [6.07, 6.45) is 13.7. The standard InChI is InChI=1S/C18H28N4O/c23-18(20-15-8-9-17-14(10-15)11-19-21-17)22(12-13-6-7-13)16-4-2-1-3-5-16/h11,13,15-16H,1-10,12H2,(H,19,21)(H,20,23)/t15-/m1/s1. The fourth-order valence-electron chi connectivity index (χ4n) is 4.17. The van der Waals surface area contributed by atoms with E-state index in [9.17, 15) is 4.79 Å². The molecular formula is C18H28N4O. The molecule has 23 heavy (non-hydrogen) atoms. The summed E-state index contributed by atoms with van der Waals surface area (Å²) in [6.45, 7) is 0.972. The molecule has 2 N–H and O–H groups in total. The molecule has 0 radical (unpaired) electrons. The Morgan fingerprint density at radius 3 is 2.83 bits per heavy atom. The van der Waals surface area contributed by atoms with Gasteiger partial charge in [-0.3, -0.25) is 5.10 Å². The van der Waals surface area contributed by atoms with E-state index in [1.165, 1.54) is 56.2 Å². The summed E-state index contributed by atoms with van der Waals surface area (Å²) in [5.74, 6) is 0.759. The van der Waals surface area contributed by atoms with Crippen molar-refractivity contribution >= 4 is 6.03 Å². The molecule has 2 saturated carbocycles. The van der Waals surface area contributed by atoms with Crippen molar-refractivity contribution in [1.82, 2.24) is 20.4 Å². The van der Waals surface area contributed by atoms with Crippen molar-refractivity contribution in [3.8, 4) is 0 Å². The van der Waals surface area contributed by atoms with Crippen LogP contribution in [-0.4, -0.2) is 39.8 Å². The Kier molecular flexibility index (Phi) is 4.27. The van der Waals surface area contributed by atoms with Crippen LogP contribution in [0.1, 0.15) is 62.6 Å². The predicted molar refractivity (Wildman–Crippen MR) is 89.2 cm³/mol. The summed E-state index contributed by atoms with van der Waals surface area (Å²) in [5.41, 5.74) is 2.52. The first kappa shape index (κ1) is 15.0. The van der Waals surface area contributed by atoms with Gasteiger partial charge in [0.25, 0.3) is 0 Å². The molecule has 2 amide bonds. The van der Waals surface area contributed by atoms with Gasteiger partial charge in [-0.1, -0.05) is 19.3 Å². The second kappa shape index (κ2) is 6.54. The third kappa shape index (κ3) is 3.54. The summed E-state index contributed by atoms with van der Waals surface area (Å²) in [7, 11) is 0. The minimum Gasteiger partial charge on any atom is -0.335 e. The third-order valence-electron chi connectivity index (χ3n) is 5.77. The Bertz CT molecular complexity index is 545. The average Bonchev–Trinajstić information content (AvgIpc) is 3.28. The van der Waals surface area contributed by atoms with Gasteiger partial charge in [-0.05, 0) is 56.4 Å². The molecule has 126 valence electrons. The number of aryl methyl sites for hydroxylation is 1. The van der Waals surface area contributed by atoms with Crippen molar-refractivity contribution in [3.63, 3.8) is 0 Å². The second-order valence-electron chi connectivity index (χ2n) is 7.65. The third-order valence-corrected chi connectivity index (χ3v) is 5.77. The molecule has 5 heteroatoms. The van der Waals surface area contributed by atoms with E-state index in [1.807, 2.05) is 6.20 Å². The second-order valence-corrected chi connectivity index (χ2v) is 7.65. The van der Waals surface area contributed by atoms with Gasteiger partial charge in [-0.15, -0.1) is 0 Å². The molecule has 3 aliphatic carbocycles. The molecule has 0 saturated heterocycles. The van der Waals surface area contributed by atoms with E-state index in [1.54, 1.807) is 0 Å². The normalized spacial score (nSPS) is 25.0. The van der Waals surface area contributed by atoms with Crippen LogP contribution in [0.2, 0.25) is 0 Å². The molecule has 1 atom stereocenters. The molecule has 1 aromatic rings. The first-order chi connectivity index (χ1) is 11.3. The molecular weight excluding hydrogens is 288 g/mol. The van der Waals surface area contributed by atoms with Crippen molar-refractivity contribution in [2.24, 2.45) is 5.92 Å². The maximum Gasteiger partial charge on any atom is 0.317 e. The number of H-pyrrole nitrogens is 1. The van der Waals surface area contributed by atoms with Crippen molar-refractivity contribution < 1.29 is 4.79 Å². The molecule has 0 bridgehead atoms. The maximum absolute atomic E-state index is 12.9. The lowest BCUT2D eigenvalue weighted by Gasteiger charge is -2.36. The lowest BCUT2D eigenvalue weighted by Crippen LogP contribution is -2.51. The Balaban J connectivity index is 1.38. The fourth-order valence-corrected chi connectivity index (χ4v) is 4.17. The highest BCUT2D eigenvalue weighted by Gasteiger charge is 2.33. The highest BCUT2D eigenvalue weighted by molar-refractivity contribution is 5.75. The van der Waals surface area contributed by atoms with Crippen molar-refractivity contribution in [1.29, 1.82) is 0 Å². The largest absolute Gasteiger partial charge is 0.335 e. The van der Waals surface area contributed by atoms with Gasteiger partial charge < -0.3 is 10.2 Å². The van der Waals surface area contributed by atoms with Crippen molar-refractivity contribution in [2.75, 3.05) is 6.54 Å². The summed E-state index contributed by atoms with van der Waals surface area (Å²) < 4.78 is 0. The lowest BCUT2D eigenvalue weighted by molar-refractivity contribution is 0.148. The molecule has 1 aromatic heterocycles. The zero-order valence-corrected chi connectivity index (χ0v) is 13.9. The van der Waals surface area contributed by atoms with Gasteiger partial charge in [0.1, 0.15) is 0 Å². The Morgan fingerprint density at radius 1 is 1.22 bits per heavy atom. The number of urea groups is 1. The van der Waals surface area contributed by atoms with E-state index >= 15 is 0 Å². The molecule has 0 spiro atoms. The highest BCUT2D eigenvalue weighted by atomic mass is 16.2. The molecule has 2 fully saturated rings. The summed E-state index contributed by atoms with van der Waals surface area (Å²) in [6, 6.07) is 0.913. The van der Waals surface area contributed by atoms with Gasteiger partial charge in [-0.2, -0.15) is 5.10 Å². The zero-order valence-electron chi connectivity index (χ0n) is 13.9. The molecule has 0 aliphatic heterocycles. The highest BCUT2D eigenvalue weighted by Crippen LogP contribution is 2.32. The Morgan fingerprint density at radius 2 is 2.04 bits per heavy atom. The lowest BCUT2D eigenvalue weighted by atomic mass is 9.93. The number of aromatic amines is 1. The van der Waals surface area contributed by atoms with Gasteiger partial charge in [0, 0.05) is 24.3 Å². The van der Waals surface area contributed by atoms with Crippen LogP contribution < -0.4 is 5.32 Å². The van der Waals surface area contributed by atoms with E-state index in [2.05, 4.69) is 20.4 Å². The minimum atomic E-state index is 0.181. The molecule has 1 heterocycles. The quantitative estimate of drug-likeness (QED) is 0.897. The van der Waals surface area contributed by atoms with Gasteiger partial charge in [0.15, 0.2) is 0 Å². The Labute approximate surface area is 138 Å². The summed E-state index contributed by atoms with van der Waals surface area (Å²) >= 11 is 0. The topological polar surface area (TPSA) is 61.0 Å². The fraction of sp³-hybridized carbons (Fsp3) is 0.778. The molecule has 4 rings (SSSR count). The van der Waals surface area contributed by atoms with Gasteiger partial charge in [-0.25, -0.2) is 4.79 Å². The first-order valence-electron chi connectivity index (χ1n) is 9.38. The number of carbonyl (C=O) groups is 1. The number of aromatic nitrogens is 2. The van der Waals surface area contributed by atoms with Crippen molar-refractivity contribution in [2.45, 2.75) is 76.3 Å². The number of hydrogen-bond acceptors (Lipinski definition) is 2. The monoisotopic (exact) mass is 316 g/mol.